The van der Waals surface area contributed by atoms with Gasteiger partial charge in [-0.2, -0.15) is 0 Å². The summed E-state index contributed by atoms with van der Waals surface area (Å²) in [5.74, 6) is 2.58. The van der Waals surface area contributed by atoms with Crippen molar-refractivity contribution in [2.75, 3.05) is 5.73 Å². The number of nitrogen functional groups attached to an aromatic ring is 1. The highest BCUT2D eigenvalue weighted by Gasteiger charge is 2.20. The van der Waals surface area contributed by atoms with Gasteiger partial charge in [0.2, 0.25) is 0 Å². The Kier molecular flexibility index (Phi) is 3.42. The van der Waals surface area contributed by atoms with Crippen molar-refractivity contribution in [1.82, 2.24) is 9.97 Å². The molecule has 1 aliphatic carbocycles. The Morgan fingerprint density at radius 3 is 2.69 bits per heavy atom. The molecule has 0 amide bonds. The van der Waals surface area contributed by atoms with Crippen LogP contribution < -0.4 is 5.73 Å². The summed E-state index contributed by atoms with van der Waals surface area (Å²) < 4.78 is 0. The molecule has 0 aliphatic heterocycles. The quantitative estimate of drug-likeness (QED) is 0.849. The minimum atomic E-state index is 0.406. The molecule has 0 radical (unpaired) electrons. The molecule has 88 valence electrons. The molecule has 1 saturated carbocycles. The minimum Gasteiger partial charge on any atom is -0.384 e. The number of rotatable bonds is 3. The summed E-state index contributed by atoms with van der Waals surface area (Å²) in [6.45, 7) is 4.32. The molecule has 3 nitrogen and oxygen atoms in total. The van der Waals surface area contributed by atoms with E-state index in [0.717, 1.165) is 12.2 Å². The lowest BCUT2D eigenvalue weighted by atomic mass is 10.0. The Bertz CT molecular complexity index is 356. The minimum absolute atomic E-state index is 0.406. The van der Waals surface area contributed by atoms with Gasteiger partial charge in [0.15, 0.2) is 0 Å². The van der Waals surface area contributed by atoms with Gasteiger partial charge in [0.1, 0.15) is 11.6 Å². The average Bonchev–Trinajstić information content (AvgIpc) is 2.80. The number of anilines is 1. The SMILES string of the molecule is CCC(C)c1nc(N)cc(C2CCCC2)n1. The van der Waals surface area contributed by atoms with Crippen molar-refractivity contribution in [2.45, 2.75) is 57.8 Å². The van der Waals surface area contributed by atoms with Crippen LogP contribution >= 0.6 is 0 Å². The molecule has 0 bridgehead atoms. The summed E-state index contributed by atoms with van der Waals surface area (Å²) in [6.07, 6.45) is 6.24. The molecule has 1 aliphatic rings. The van der Waals surface area contributed by atoms with Crippen molar-refractivity contribution in [2.24, 2.45) is 0 Å². The first-order chi connectivity index (χ1) is 7.70. The molecule has 16 heavy (non-hydrogen) atoms. The summed E-state index contributed by atoms with van der Waals surface area (Å²) >= 11 is 0. The van der Waals surface area contributed by atoms with E-state index in [1.165, 1.54) is 31.4 Å². The van der Waals surface area contributed by atoms with E-state index in [1.807, 2.05) is 6.07 Å². The maximum absolute atomic E-state index is 5.87. The van der Waals surface area contributed by atoms with Crippen LogP contribution in [0.3, 0.4) is 0 Å². The Balaban J connectivity index is 2.27. The molecule has 1 atom stereocenters. The average molecular weight is 219 g/mol. The van der Waals surface area contributed by atoms with Crippen LogP contribution in [-0.4, -0.2) is 9.97 Å². The molecule has 2 N–H and O–H groups in total. The Labute approximate surface area is 97.5 Å². The van der Waals surface area contributed by atoms with Crippen molar-refractivity contribution in [3.05, 3.63) is 17.6 Å². The molecule has 1 aromatic heterocycles. The van der Waals surface area contributed by atoms with Gasteiger partial charge in [-0.1, -0.05) is 26.7 Å². The van der Waals surface area contributed by atoms with E-state index >= 15 is 0 Å². The predicted octanol–water partition coefficient (Wildman–Crippen LogP) is 3.23. The Morgan fingerprint density at radius 1 is 1.38 bits per heavy atom. The van der Waals surface area contributed by atoms with E-state index in [4.69, 9.17) is 10.7 Å². The van der Waals surface area contributed by atoms with Crippen molar-refractivity contribution < 1.29 is 0 Å². The van der Waals surface area contributed by atoms with E-state index in [2.05, 4.69) is 18.8 Å². The molecule has 0 saturated heterocycles. The standard InChI is InChI=1S/C13H21N3/c1-3-9(2)13-15-11(8-12(14)16-13)10-6-4-5-7-10/h8-10H,3-7H2,1-2H3,(H2,14,15,16). The fourth-order valence-corrected chi connectivity index (χ4v) is 2.34. The van der Waals surface area contributed by atoms with Gasteiger partial charge in [-0.05, 0) is 19.3 Å². The van der Waals surface area contributed by atoms with Crippen LogP contribution in [0.25, 0.3) is 0 Å². The molecule has 1 heterocycles. The molecule has 1 aromatic rings. The maximum Gasteiger partial charge on any atom is 0.133 e. The monoisotopic (exact) mass is 219 g/mol. The molecule has 0 aromatic carbocycles. The summed E-state index contributed by atoms with van der Waals surface area (Å²) in [6, 6.07) is 1.96. The third-order valence-electron chi connectivity index (χ3n) is 3.61. The summed E-state index contributed by atoms with van der Waals surface area (Å²) in [4.78, 5) is 9.04. The van der Waals surface area contributed by atoms with Gasteiger partial charge < -0.3 is 5.73 Å². The Hall–Kier alpha value is -1.12. The normalized spacial score (nSPS) is 18.9. The van der Waals surface area contributed by atoms with Crippen LogP contribution in [-0.2, 0) is 0 Å². The van der Waals surface area contributed by atoms with Crippen molar-refractivity contribution in [3.63, 3.8) is 0 Å². The molecule has 3 heteroatoms. The third kappa shape index (κ3) is 2.34. The van der Waals surface area contributed by atoms with Crippen LogP contribution in [0, 0.1) is 0 Å². The number of aromatic nitrogens is 2. The van der Waals surface area contributed by atoms with Gasteiger partial charge in [-0.15, -0.1) is 0 Å². The molecule has 1 unspecified atom stereocenters. The largest absolute Gasteiger partial charge is 0.384 e. The molecule has 2 rings (SSSR count). The van der Waals surface area contributed by atoms with E-state index in [9.17, 15) is 0 Å². The summed E-state index contributed by atoms with van der Waals surface area (Å²) in [5.41, 5.74) is 7.04. The predicted molar refractivity (Wildman–Crippen MR) is 66.4 cm³/mol. The second-order valence-electron chi connectivity index (χ2n) is 4.87. The molecule has 0 spiro atoms. The van der Waals surface area contributed by atoms with Crippen LogP contribution in [0.5, 0.6) is 0 Å². The molecular weight excluding hydrogens is 198 g/mol. The molecule has 1 fully saturated rings. The zero-order chi connectivity index (χ0) is 11.5. The van der Waals surface area contributed by atoms with Crippen LogP contribution in [0.4, 0.5) is 5.82 Å². The van der Waals surface area contributed by atoms with Gasteiger partial charge in [0.05, 0.1) is 0 Å². The van der Waals surface area contributed by atoms with Crippen LogP contribution in [0.2, 0.25) is 0 Å². The van der Waals surface area contributed by atoms with Gasteiger partial charge in [-0.25, -0.2) is 9.97 Å². The second kappa shape index (κ2) is 4.81. The Morgan fingerprint density at radius 2 is 2.06 bits per heavy atom. The van der Waals surface area contributed by atoms with Crippen molar-refractivity contribution >= 4 is 5.82 Å². The summed E-state index contributed by atoms with van der Waals surface area (Å²) in [7, 11) is 0. The number of nitrogens with two attached hydrogens (primary N) is 1. The van der Waals surface area contributed by atoms with E-state index < -0.39 is 0 Å². The highest BCUT2D eigenvalue weighted by atomic mass is 15.0. The number of hydrogen-bond acceptors (Lipinski definition) is 3. The van der Waals surface area contributed by atoms with E-state index in [0.29, 0.717) is 17.7 Å². The van der Waals surface area contributed by atoms with Crippen molar-refractivity contribution in [3.8, 4) is 0 Å². The van der Waals surface area contributed by atoms with Crippen molar-refractivity contribution in [1.29, 1.82) is 0 Å². The number of nitrogens with zero attached hydrogens (tertiary/aromatic N) is 2. The zero-order valence-corrected chi connectivity index (χ0v) is 10.2. The maximum atomic E-state index is 5.87. The second-order valence-corrected chi connectivity index (χ2v) is 4.87. The lowest BCUT2D eigenvalue weighted by Crippen LogP contribution is -2.08. The molecular formula is C13H21N3. The fourth-order valence-electron chi connectivity index (χ4n) is 2.34. The lowest BCUT2D eigenvalue weighted by Gasteiger charge is -2.13. The first-order valence-electron chi connectivity index (χ1n) is 6.35. The topological polar surface area (TPSA) is 51.8 Å². The highest BCUT2D eigenvalue weighted by Crippen LogP contribution is 2.34. The zero-order valence-electron chi connectivity index (χ0n) is 10.2. The van der Waals surface area contributed by atoms with Gasteiger partial charge in [0, 0.05) is 23.6 Å². The van der Waals surface area contributed by atoms with E-state index in [-0.39, 0.29) is 0 Å². The highest BCUT2D eigenvalue weighted by molar-refractivity contribution is 5.32. The number of hydrogen-bond donors (Lipinski definition) is 1. The van der Waals surface area contributed by atoms with Gasteiger partial charge in [-0.3, -0.25) is 0 Å². The smallest absolute Gasteiger partial charge is 0.133 e. The first-order valence-corrected chi connectivity index (χ1v) is 6.35. The van der Waals surface area contributed by atoms with Crippen LogP contribution in [0.1, 0.15) is 69.3 Å². The third-order valence-corrected chi connectivity index (χ3v) is 3.61. The van der Waals surface area contributed by atoms with Crippen LogP contribution in [0.15, 0.2) is 6.07 Å². The summed E-state index contributed by atoms with van der Waals surface area (Å²) in [5, 5.41) is 0. The van der Waals surface area contributed by atoms with Gasteiger partial charge >= 0.3 is 0 Å². The fraction of sp³-hybridized carbons (Fsp3) is 0.692. The first kappa shape index (κ1) is 11.4. The van der Waals surface area contributed by atoms with Gasteiger partial charge in [0.25, 0.3) is 0 Å². The van der Waals surface area contributed by atoms with E-state index in [1.54, 1.807) is 0 Å². The lowest BCUT2D eigenvalue weighted by molar-refractivity contribution is 0.641.